The molecule has 0 bridgehead atoms. The third-order valence-corrected chi connectivity index (χ3v) is 8.44. The number of piperidine rings is 1. The van der Waals surface area contributed by atoms with Crippen LogP contribution < -0.4 is 5.11 Å². The SMILES string of the molecule is CC(Sc1ccnc2c1CCc1cc(Cl)ccc1C2=C1CCN(C(=O)Cc2cccnc2)CC1)C(=O)[O-]. The quantitative estimate of drug-likeness (QED) is 0.459. The highest BCUT2D eigenvalue weighted by molar-refractivity contribution is 8.00. The van der Waals surface area contributed by atoms with Gasteiger partial charge in [0.2, 0.25) is 5.91 Å². The number of aromatic nitrogens is 2. The smallest absolute Gasteiger partial charge is 0.227 e. The minimum Gasteiger partial charge on any atom is -0.549 e. The van der Waals surface area contributed by atoms with Crippen LogP contribution in [-0.2, 0) is 28.9 Å². The van der Waals surface area contributed by atoms with Gasteiger partial charge in [0.15, 0.2) is 0 Å². The van der Waals surface area contributed by atoms with Crippen molar-refractivity contribution in [3.63, 3.8) is 0 Å². The molecule has 1 aliphatic heterocycles. The zero-order chi connectivity index (χ0) is 25.9. The molecule has 1 fully saturated rings. The minimum atomic E-state index is -1.08. The number of rotatable bonds is 5. The summed E-state index contributed by atoms with van der Waals surface area (Å²) in [4.78, 5) is 36.2. The van der Waals surface area contributed by atoms with Crippen LogP contribution in [0.1, 0.15) is 47.7 Å². The predicted octanol–water partition coefficient (Wildman–Crippen LogP) is 4.13. The first-order valence-corrected chi connectivity index (χ1v) is 13.7. The zero-order valence-corrected chi connectivity index (χ0v) is 22.1. The third-order valence-electron chi connectivity index (χ3n) is 7.02. The maximum atomic E-state index is 12.9. The Kier molecular flexibility index (Phi) is 7.63. The number of benzene rings is 1. The lowest BCUT2D eigenvalue weighted by Crippen LogP contribution is -2.37. The molecule has 37 heavy (non-hydrogen) atoms. The molecule has 190 valence electrons. The van der Waals surface area contributed by atoms with Gasteiger partial charge in [-0.3, -0.25) is 14.8 Å². The van der Waals surface area contributed by atoms with Crippen LogP contribution in [-0.4, -0.2) is 45.1 Å². The lowest BCUT2D eigenvalue weighted by molar-refractivity contribution is -0.304. The molecule has 5 rings (SSSR count). The van der Waals surface area contributed by atoms with Crippen molar-refractivity contribution < 1.29 is 14.7 Å². The molecule has 8 heteroatoms. The van der Waals surface area contributed by atoms with E-state index >= 15 is 0 Å². The van der Waals surface area contributed by atoms with Crippen LogP contribution >= 0.6 is 23.4 Å². The summed E-state index contributed by atoms with van der Waals surface area (Å²) < 4.78 is 0. The molecule has 1 amide bonds. The molecule has 0 N–H and O–H groups in total. The Balaban J connectivity index is 1.49. The van der Waals surface area contributed by atoms with Gasteiger partial charge in [-0.1, -0.05) is 29.3 Å². The van der Waals surface area contributed by atoms with Gasteiger partial charge in [-0.2, -0.15) is 0 Å². The standard InChI is InChI=1S/C29H28ClN3O3S/c1-18(29(35)36)37-25-8-12-32-28-24(25)6-4-21-16-22(30)5-7-23(21)27(28)20-9-13-33(14-10-20)26(34)15-19-3-2-11-31-17-19/h2-3,5,7-8,11-12,16-18H,4,6,9-10,13-15H2,1H3,(H,35,36)/p-1. The van der Waals surface area contributed by atoms with E-state index in [9.17, 15) is 14.7 Å². The average molecular weight is 533 g/mol. The maximum absolute atomic E-state index is 12.9. The number of aliphatic carboxylic acids is 1. The van der Waals surface area contributed by atoms with Crippen LogP contribution in [0.25, 0.3) is 5.57 Å². The molecule has 0 radical (unpaired) electrons. The van der Waals surface area contributed by atoms with Gasteiger partial charge in [-0.25, -0.2) is 0 Å². The number of carboxylic acid groups (broad SMARTS) is 1. The van der Waals surface area contributed by atoms with E-state index < -0.39 is 11.2 Å². The average Bonchev–Trinajstić information content (AvgIpc) is 3.06. The summed E-state index contributed by atoms with van der Waals surface area (Å²) in [5.41, 5.74) is 7.53. The molecule has 0 saturated carbocycles. The van der Waals surface area contributed by atoms with Crippen LogP contribution in [0.4, 0.5) is 0 Å². The molecule has 2 aliphatic rings. The van der Waals surface area contributed by atoms with Crippen LogP contribution in [0.15, 0.2) is 65.5 Å². The molecule has 1 aliphatic carbocycles. The third kappa shape index (κ3) is 5.58. The second kappa shape index (κ2) is 11.1. The number of halogens is 1. The molecule has 3 heterocycles. The Bertz CT molecular complexity index is 1370. The highest BCUT2D eigenvalue weighted by Gasteiger charge is 2.28. The number of pyridine rings is 2. The molecule has 1 aromatic carbocycles. The molecular formula is C29H27ClN3O3S-. The Morgan fingerprint density at radius 3 is 2.65 bits per heavy atom. The van der Waals surface area contributed by atoms with Crippen molar-refractivity contribution >= 4 is 40.8 Å². The van der Waals surface area contributed by atoms with E-state index in [4.69, 9.17) is 16.6 Å². The van der Waals surface area contributed by atoms with E-state index in [1.54, 1.807) is 25.5 Å². The number of carboxylic acids is 1. The first-order chi connectivity index (χ1) is 17.9. The van der Waals surface area contributed by atoms with Crippen molar-refractivity contribution in [1.82, 2.24) is 14.9 Å². The molecule has 3 aromatic rings. The molecule has 1 atom stereocenters. The summed E-state index contributed by atoms with van der Waals surface area (Å²) in [6, 6.07) is 11.7. The van der Waals surface area contributed by atoms with Gasteiger partial charge >= 0.3 is 0 Å². The van der Waals surface area contributed by atoms with E-state index in [0.717, 1.165) is 64.1 Å². The number of carbonyl (C=O) groups is 2. The van der Waals surface area contributed by atoms with Gasteiger partial charge in [0, 0.05) is 52.4 Å². The van der Waals surface area contributed by atoms with Crippen molar-refractivity contribution in [3.8, 4) is 0 Å². The number of hydrogen-bond donors (Lipinski definition) is 0. The topological polar surface area (TPSA) is 86.2 Å². The normalized spacial score (nSPS) is 16.0. The van der Waals surface area contributed by atoms with Gasteiger partial charge in [0.1, 0.15) is 0 Å². The number of fused-ring (bicyclic) bond motifs is 2. The van der Waals surface area contributed by atoms with Crippen molar-refractivity contribution in [1.29, 1.82) is 0 Å². The van der Waals surface area contributed by atoms with Gasteiger partial charge in [0.25, 0.3) is 0 Å². The van der Waals surface area contributed by atoms with Crippen molar-refractivity contribution in [2.75, 3.05) is 13.1 Å². The van der Waals surface area contributed by atoms with Gasteiger partial charge in [0.05, 0.1) is 18.1 Å². The number of thioether (sulfide) groups is 1. The van der Waals surface area contributed by atoms with Crippen LogP contribution in [0.5, 0.6) is 0 Å². The van der Waals surface area contributed by atoms with E-state index in [1.807, 2.05) is 35.2 Å². The van der Waals surface area contributed by atoms with E-state index in [1.165, 1.54) is 17.3 Å². The lowest BCUT2D eigenvalue weighted by atomic mass is 9.88. The fraction of sp³-hybridized carbons (Fsp3) is 0.310. The summed E-state index contributed by atoms with van der Waals surface area (Å²) >= 11 is 7.68. The summed E-state index contributed by atoms with van der Waals surface area (Å²) in [6.07, 6.45) is 8.59. The second-order valence-electron chi connectivity index (χ2n) is 9.41. The van der Waals surface area contributed by atoms with Gasteiger partial charge < -0.3 is 14.8 Å². The minimum absolute atomic E-state index is 0.110. The number of nitrogens with zero attached hydrogens (tertiary/aromatic N) is 3. The first-order valence-electron chi connectivity index (χ1n) is 12.4. The highest BCUT2D eigenvalue weighted by Crippen LogP contribution is 2.41. The second-order valence-corrected chi connectivity index (χ2v) is 11.2. The summed E-state index contributed by atoms with van der Waals surface area (Å²) in [5.74, 6) is -0.972. The first kappa shape index (κ1) is 25.5. The largest absolute Gasteiger partial charge is 0.549 e. The maximum Gasteiger partial charge on any atom is 0.227 e. The number of amides is 1. The monoisotopic (exact) mass is 532 g/mol. The number of carbonyl (C=O) groups excluding carboxylic acids is 2. The van der Waals surface area contributed by atoms with E-state index in [0.29, 0.717) is 24.5 Å². The fourth-order valence-electron chi connectivity index (χ4n) is 5.10. The number of hydrogen-bond acceptors (Lipinski definition) is 6. The van der Waals surface area contributed by atoms with Gasteiger partial charge in [-0.15, -0.1) is 11.8 Å². The fourth-order valence-corrected chi connectivity index (χ4v) is 6.26. The lowest BCUT2D eigenvalue weighted by Gasteiger charge is -2.30. The molecule has 1 saturated heterocycles. The van der Waals surface area contributed by atoms with Crippen molar-refractivity contribution in [2.45, 2.75) is 49.2 Å². The zero-order valence-electron chi connectivity index (χ0n) is 20.6. The van der Waals surface area contributed by atoms with Crippen molar-refractivity contribution in [3.05, 3.63) is 93.5 Å². The van der Waals surface area contributed by atoms with Gasteiger partial charge in [-0.05, 0) is 79.1 Å². The summed E-state index contributed by atoms with van der Waals surface area (Å²) in [6.45, 7) is 2.94. The highest BCUT2D eigenvalue weighted by atomic mass is 35.5. The Labute approximate surface area is 225 Å². The van der Waals surface area contributed by atoms with Crippen LogP contribution in [0.3, 0.4) is 0 Å². The molecule has 1 unspecified atom stereocenters. The molecule has 2 aromatic heterocycles. The Morgan fingerprint density at radius 1 is 1.11 bits per heavy atom. The van der Waals surface area contributed by atoms with Crippen LogP contribution in [0, 0.1) is 0 Å². The Hall–Kier alpha value is -3.16. The number of aryl methyl sites for hydroxylation is 1. The molecule has 6 nitrogen and oxygen atoms in total. The van der Waals surface area contributed by atoms with E-state index in [-0.39, 0.29) is 5.91 Å². The summed E-state index contributed by atoms with van der Waals surface area (Å²) in [5, 5.41) is 11.5. The molecular weight excluding hydrogens is 506 g/mol. The Morgan fingerprint density at radius 2 is 1.92 bits per heavy atom. The predicted molar refractivity (Wildman–Crippen MR) is 143 cm³/mol. The number of likely N-dealkylation sites (tertiary alicyclic amines) is 1. The van der Waals surface area contributed by atoms with Crippen molar-refractivity contribution in [2.24, 2.45) is 0 Å². The van der Waals surface area contributed by atoms with Crippen LogP contribution in [0.2, 0.25) is 5.02 Å². The molecule has 0 spiro atoms. The summed E-state index contributed by atoms with van der Waals surface area (Å²) in [7, 11) is 0. The van der Waals surface area contributed by atoms with E-state index in [2.05, 4.69) is 11.1 Å².